The standard InChI is InChI=1S/C21H23NO2/c23-21(22-13-14-24-20-12-5-4-11-19(20)22)18-10-6-9-17(15-18)16-7-2-1-3-8-16/h1-3,6-10,15,19-20H,4-5,11-14H2. The summed E-state index contributed by atoms with van der Waals surface area (Å²) in [5.74, 6) is 0.146. The fraction of sp³-hybridized carbons (Fsp3) is 0.381. The molecule has 0 N–H and O–H groups in total. The smallest absolute Gasteiger partial charge is 0.254 e. The number of carbonyl (C=O) groups excluding carboxylic acids is 1. The van der Waals surface area contributed by atoms with Gasteiger partial charge in [0.2, 0.25) is 0 Å². The lowest BCUT2D eigenvalue weighted by Gasteiger charge is -2.43. The molecule has 4 rings (SSSR count). The highest BCUT2D eigenvalue weighted by molar-refractivity contribution is 5.95. The summed E-state index contributed by atoms with van der Waals surface area (Å²) < 4.78 is 5.90. The zero-order valence-electron chi connectivity index (χ0n) is 13.9. The SMILES string of the molecule is O=C(c1cccc(-c2ccccc2)c1)N1CCOC2CCCCC21. The van der Waals surface area contributed by atoms with E-state index in [1.54, 1.807) is 0 Å². The minimum Gasteiger partial charge on any atom is -0.374 e. The molecule has 3 heteroatoms. The van der Waals surface area contributed by atoms with Crippen molar-refractivity contribution in [1.29, 1.82) is 0 Å². The summed E-state index contributed by atoms with van der Waals surface area (Å²) in [5, 5.41) is 0. The molecule has 1 saturated carbocycles. The number of hydrogen-bond donors (Lipinski definition) is 0. The van der Waals surface area contributed by atoms with E-state index in [4.69, 9.17) is 4.74 Å². The second-order valence-electron chi connectivity index (χ2n) is 6.71. The molecule has 1 heterocycles. The van der Waals surface area contributed by atoms with E-state index in [0.717, 1.165) is 29.5 Å². The van der Waals surface area contributed by atoms with Gasteiger partial charge < -0.3 is 9.64 Å². The Kier molecular flexibility index (Phi) is 4.35. The molecule has 2 aromatic carbocycles. The largest absolute Gasteiger partial charge is 0.374 e. The third-order valence-electron chi connectivity index (χ3n) is 5.21. The van der Waals surface area contributed by atoms with Crippen LogP contribution in [0.5, 0.6) is 0 Å². The van der Waals surface area contributed by atoms with Crippen molar-refractivity contribution in [3.63, 3.8) is 0 Å². The summed E-state index contributed by atoms with van der Waals surface area (Å²) in [6.45, 7) is 1.36. The van der Waals surface area contributed by atoms with Crippen LogP contribution in [0.1, 0.15) is 36.0 Å². The molecule has 2 unspecified atom stereocenters. The van der Waals surface area contributed by atoms with Crippen molar-refractivity contribution in [2.45, 2.75) is 37.8 Å². The average molecular weight is 321 g/mol. The van der Waals surface area contributed by atoms with Crippen LogP contribution in [-0.4, -0.2) is 36.1 Å². The van der Waals surface area contributed by atoms with Gasteiger partial charge in [-0.3, -0.25) is 4.79 Å². The third kappa shape index (κ3) is 2.96. The van der Waals surface area contributed by atoms with Gasteiger partial charge >= 0.3 is 0 Å². The number of fused-ring (bicyclic) bond motifs is 1. The van der Waals surface area contributed by atoms with Gasteiger partial charge in [-0.2, -0.15) is 0 Å². The van der Waals surface area contributed by atoms with Gasteiger partial charge in [0.15, 0.2) is 0 Å². The molecule has 1 aliphatic heterocycles. The highest BCUT2D eigenvalue weighted by Crippen LogP contribution is 2.30. The average Bonchev–Trinajstić information content (AvgIpc) is 2.68. The Bertz CT molecular complexity index is 711. The molecule has 124 valence electrons. The Labute approximate surface area is 143 Å². The van der Waals surface area contributed by atoms with E-state index in [1.807, 2.05) is 36.4 Å². The van der Waals surface area contributed by atoms with Crippen molar-refractivity contribution < 1.29 is 9.53 Å². The Morgan fingerprint density at radius 1 is 0.958 bits per heavy atom. The van der Waals surface area contributed by atoms with Crippen LogP contribution in [0.3, 0.4) is 0 Å². The topological polar surface area (TPSA) is 29.5 Å². The monoisotopic (exact) mass is 321 g/mol. The predicted molar refractivity (Wildman–Crippen MR) is 94.9 cm³/mol. The number of ether oxygens (including phenoxy) is 1. The molecule has 2 fully saturated rings. The summed E-state index contributed by atoms with van der Waals surface area (Å²) in [6, 6.07) is 18.5. The van der Waals surface area contributed by atoms with Crippen LogP contribution in [0.2, 0.25) is 0 Å². The molecular formula is C21H23NO2. The van der Waals surface area contributed by atoms with Crippen molar-refractivity contribution in [3.05, 3.63) is 60.2 Å². The second kappa shape index (κ2) is 6.78. The van der Waals surface area contributed by atoms with E-state index in [1.165, 1.54) is 12.8 Å². The zero-order chi connectivity index (χ0) is 16.4. The summed E-state index contributed by atoms with van der Waals surface area (Å²) in [5.41, 5.74) is 3.02. The molecule has 1 saturated heterocycles. The van der Waals surface area contributed by atoms with Crippen molar-refractivity contribution in [3.8, 4) is 11.1 Å². The van der Waals surface area contributed by atoms with Crippen LogP contribution >= 0.6 is 0 Å². The van der Waals surface area contributed by atoms with Gasteiger partial charge in [0.1, 0.15) is 0 Å². The number of amides is 1. The molecule has 2 aromatic rings. The lowest BCUT2D eigenvalue weighted by Crippen LogP contribution is -2.54. The highest BCUT2D eigenvalue weighted by atomic mass is 16.5. The first kappa shape index (κ1) is 15.4. The fourth-order valence-electron chi connectivity index (χ4n) is 3.98. The number of nitrogens with zero attached hydrogens (tertiary/aromatic N) is 1. The molecule has 2 atom stereocenters. The van der Waals surface area contributed by atoms with E-state index in [2.05, 4.69) is 23.1 Å². The van der Waals surface area contributed by atoms with Crippen LogP contribution in [0.25, 0.3) is 11.1 Å². The van der Waals surface area contributed by atoms with Gasteiger partial charge in [-0.25, -0.2) is 0 Å². The van der Waals surface area contributed by atoms with E-state index in [0.29, 0.717) is 13.2 Å². The Morgan fingerprint density at radius 2 is 1.75 bits per heavy atom. The van der Waals surface area contributed by atoms with Crippen LogP contribution in [0.15, 0.2) is 54.6 Å². The molecular weight excluding hydrogens is 298 g/mol. The van der Waals surface area contributed by atoms with E-state index >= 15 is 0 Å². The molecule has 0 bridgehead atoms. The molecule has 1 aliphatic carbocycles. The maximum absolute atomic E-state index is 13.1. The maximum atomic E-state index is 13.1. The highest BCUT2D eigenvalue weighted by Gasteiger charge is 2.36. The van der Waals surface area contributed by atoms with Crippen molar-refractivity contribution >= 4 is 5.91 Å². The Morgan fingerprint density at radius 3 is 2.62 bits per heavy atom. The zero-order valence-corrected chi connectivity index (χ0v) is 13.9. The molecule has 2 aliphatic rings. The van der Waals surface area contributed by atoms with Gasteiger partial charge in [-0.15, -0.1) is 0 Å². The lowest BCUT2D eigenvalue weighted by atomic mass is 9.89. The fourth-order valence-corrected chi connectivity index (χ4v) is 3.98. The Hall–Kier alpha value is -2.13. The first-order valence-corrected chi connectivity index (χ1v) is 8.91. The van der Waals surface area contributed by atoms with E-state index in [9.17, 15) is 4.79 Å². The van der Waals surface area contributed by atoms with E-state index in [-0.39, 0.29) is 18.1 Å². The molecule has 3 nitrogen and oxygen atoms in total. The van der Waals surface area contributed by atoms with E-state index < -0.39 is 0 Å². The van der Waals surface area contributed by atoms with Gasteiger partial charge in [0.25, 0.3) is 5.91 Å². The van der Waals surface area contributed by atoms with Crippen LogP contribution in [0, 0.1) is 0 Å². The molecule has 0 aromatic heterocycles. The summed E-state index contributed by atoms with van der Waals surface area (Å²) in [7, 11) is 0. The van der Waals surface area contributed by atoms with Gasteiger partial charge in [-0.1, -0.05) is 55.3 Å². The number of morpholine rings is 1. The number of benzene rings is 2. The molecule has 24 heavy (non-hydrogen) atoms. The summed E-state index contributed by atoms with van der Waals surface area (Å²) in [6.07, 6.45) is 4.78. The molecule has 0 spiro atoms. The van der Waals surface area contributed by atoms with Crippen LogP contribution in [0.4, 0.5) is 0 Å². The quantitative estimate of drug-likeness (QED) is 0.832. The summed E-state index contributed by atoms with van der Waals surface area (Å²) in [4.78, 5) is 15.2. The third-order valence-corrected chi connectivity index (χ3v) is 5.21. The maximum Gasteiger partial charge on any atom is 0.254 e. The molecule has 0 radical (unpaired) electrons. The predicted octanol–water partition coefficient (Wildman–Crippen LogP) is 4.14. The first-order valence-electron chi connectivity index (χ1n) is 8.91. The normalized spacial score (nSPS) is 23.6. The van der Waals surface area contributed by atoms with Crippen molar-refractivity contribution in [2.75, 3.05) is 13.2 Å². The Balaban J connectivity index is 1.60. The van der Waals surface area contributed by atoms with Crippen molar-refractivity contribution in [2.24, 2.45) is 0 Å². The number of rotatable bonds is 2. The van der Waals surface area contributed by atoms with Crippen molar-refractivity contribution in [1.82, 2.24) is 4.90 Å². The second-order valence-corrected chi connectivity index (χ2v) is 6.71. The van der Waals surface area contributed by atoms with Gasteiger partial charge in [0.05, 0.1) is 18.8 Å². The van der Waals surface area contributed by atoms with Crippen LogP contribution in [-0.2, 0) is 4.74 Å². The lowest BCUT2D eigenvalue weighted by molar-refractivity contribution is -0.0752. The minimum absolute atomic E-state index is 0.146. The summed E-state index contributed by atoms with van der Waals surface area (Å²) >= 11 is 0. The number of hydrogen-bond acceptors (Lipinski definition) is 2. The minimum atomic E-state index is 0.146. The number of carbonyl (C=O) groups is 1. The van der Waals surface area contributed by atoms with Gasteiger partial charge in [0, 0.05) is 12.1 Å². The van der Waals surface area contributed by atoms with Crippen LogP contribution < -0.4 is 0 Å². The first-order chi connectivity index (χ1) is 11.8. The molecule has 1 amide bonds. The van der Waals surface area contributed by atoms with Gasteiger partial charge in [-0.05, 0) is 36.1 Å².